The van der Waals surface area contributed by atoms with E-state index in [4.69, 9.17) is 11.6 Å². The van der Waals surface area contributed by atoms with E-state index in [0.717, 1.165) is 18.7 Å². The van der Waals surface area contributed by atoms with E-state index < -0.39 is 0 Å². The lowest BCUT2D eigenvalue weighted by molar-refractivity contribution is -0.131. The molecule has 3 rings (SSSR count). The zero-order valence-electron chi connectivity index (χ0n) is 16.5. The SMILES string of the molecule is CC(=O)N1CCN(c2cc(Cl)nc(SCC(=O)NC3CCCCC3)n2)C[C@@H]1C. The van der Waals surface area contributed by atoms with Gasteiger partial charge in [0.1, 0.15) is 11.0 Å². The summed E-state index contributed by atoms with van der Waals surface area (Å²) in [5, 5.41) is 3.97. The van der Waals surface area contributed by atoms with E-state index >= 15 is 0 Å². The van der Waals surface area contributed by atoms with Gasteiger partial charge in [-0.15, -0.1) is 0 Å². The molecule has 0 radical (unpaired) electrons. The molecule has 154 valence electrons. The first-order valence-electron chi connectivity index (χ1n) is 9.91. The number of amides is 2. The Labute approximate surface area is 175 Å². The monoisotopic (exact) mass is 425 g/mol. The summed E-state index contributed by atoms with van der Waals surface area (Å²) >= 11 is 7.51. The fourth-order valence-corrected chi connectivity index (χ4v) is 4.78. The molecule has 2 aliphatic rings. The second kappa shape index (κ2) is 9.78. The maximum Gasteiger partial charge on any atom is 0.230 e. The average Bonchev–Trinajstić information content (AvgIpc) is 2.66. The van der Waals surface area contributed by atoms with Gasteiger partial charge >= 0.3 is 0 Å². The van der Waals surface area contributed by atoms with Gasteiger partial charge in [-0.05, 0) is 19.8 Å². The van der Waals surface area contributed by atoms with Crippen molar-refractivity contribution < 1.29 is 9.59 Å². The quantitative estimate of drug-likeness (QED) is 0.444. The van der Waals surface area contributed by atoms with Crippen LogP contribution in [0.25, 0.3) is 0 Å². The van der Waals surface area contributed by atoms with Gasteiger partial charge in [-0.1, -0.05) is 42.6 Å². The molecule has 7 nitrogen and oxygen atoms in total. The number of nitrogens with zero attached hydrogens (tertiary/aromatic N) is 4. The number of carbonyl (C=O) groups is 2. The van der Waals surface area contributed by atoms with Crippen molar-refractivity contribution >= 4 is 41.0 Å². The number of rotatable bonds is 5. The number of anilines is 1. The third-order valence-electron chi connectivity index (χ3n) is 5.32. The van der Waals surface area contributed by atoms with E-state index in [0.29, 0.717) is 36.0 Å². The molecule has 1 saturated heterocycles. The van der Waals surface area contributed by atoms with Crippen molar-refractivity contribution in [3.05, 3.63) is 11.2 Å². The highest BCUT2D eigenvalue weighted by Gasteiger charge is 2.26. The molecular formula is C19H28ClN5O2S. The average molecular weight is 426 g/mol. The Bertz CT molecular complexity index is 714. The predicted molar refractivity (Wildman–Crippen MR) is 112 cm³/mol. The van der Waals surface area contributed by atoms with Crippen LogP contribution in [0.2, 0.25) is 5.15 Å². The number of hydrogen-bond acceptors (Lipinski definition) is 6. The van der Waals surface area contributed by atoms with Gasteiger partial charge in [0, 0.05) is 44.7 Å². The van der Waals surface area contributed by atoms with Crippen LogP contribution in [0.3, 0.4) is 0 Å². The van der Waals surface area contributed by atoms with Gasteiger partial charge < -0.3 is 15.1 Å². The molecule has 2 heterocycles. The highest BCUT2D eigenvalue weighted by atomic mass is 35.5. The number of thioether (sulfide) groups is 1. The van der Waals surface area contributed by atoms with E-state index in [1.54, 1.807) is 13.0 Å². The van der Waals surface area contributed by atoms with Gasteiger partial charge in [0.2, 0.25) is 11.8 Å². The predicted octanol–water partition coefficient (Wildman–Crippen LogP) is 2.73. The van der Waals surface area contributed by atoms with Crippen molar-refractivity contribution in [2.45, 2.75) is 63.2 Å². The van der Waals surface area contributed by atoms with Crippen LogP contribution in [0.5, 0.6) is 0 Å². The standard InChI is InChI=1S/C19H28ClN5O2S/c1-13-11-24(8-9-25(13)14(2)26)17-10-16(20)22-19(23-17)28-12-18(27)21-15-6-4-3-5-7-15/h10,13,15H,3-9,11-12H2,1-2H3,(H,21,27)/t13-/m0/s1. The number of aromatic nitrogens is 2. The van der Waals surface area contributed by atoms with E-state index in [-0.39, 0.29) is 23.6 Å². The minimum Gasteiger partial charge on any atom is -0.353 e. The van der Waals surface area contributed by atoms with Crippen molar-refractivity contribution in [3.8, 4) is 0 Å². The molecule has 2 fully saturated rings. The van der Waals surface area contributed by atoms with Crippen LogP contribution in [-0.4, -0.2) is 64.2 Å². The second-order valence-electron chi connectivity index (χ2n) is 7.53. The Morgan fingerprint density at radius 2 is 2.00 bits per heavy atom. The normalized spacial score (nSPS) is 20.9. The molecule has 1 aromatic heterocycles. The van der Waals surface area contributed by atoms with Crippen molar-refractivity contribution in [1.82, 2.24) is 20.2 Å². The largest absolute Gasteiger partial charge is 0.353 e. The van der Waals surface area contributed by atoms with Gasteiger partial charge in [0.25, 0.3) is 0 Å². The molecule has 1 aliphatic carbocycles. The Hall–Kier alpha value is -1.54. The van der Waals surface area contributed by atoms with Crippen molar-refractivity contribution in [2.24, 2.45) is 0 Å². The summed E-state index contributed by atoms with van der Waals surface area (Å²) in [6, 6.07) is 2.15. The van der Waals surface area contributed by atoms with E-state index in [1.807, 2.05) is 11.8 Å². The van der Waals surface area contributed by atoms with Gasteiger partial charge in [0.05, 0.1) is 5.75 Å². The molecule has 1 N–H and O–H groups in total. The Balaban J connectivity index is 1.57. The molecule has 0 spiro atoms. The molecule has 0 bridgehead atoms. The molecule has 1 atom stereocenters. The summed E-state index contributed by atoms with van der Waals surface area (Å²) in [5.41, 5.74) is 0. The van der Waals surface area contributed by atoms with Crippen molar-refractivity contribution in [1.29, 1.82) is 0 Å². The van der Waals surface area contributed by atoms with Crippen LogP contribution >= 0.6 is 23.4 Å². The molecule has 0 unspecified atom stereocenters. The highest BCUT2D eigenvalue weighted by molar-refractivity contribution is 7.99. The summed E-state index contributed by atoms with van der Waals surface area (Å²) in [6.45, 7) is 5.68. The summed E-state index contributed by atoms with van der Waals surface area (Å²) in [6.07, 6.45) is 5.78. The molecule has 1 aliphatic heterocycles. The molecule has 0 aromatic carbocycles. The minimum absolute atomic E-state index is 0.0192. The van der Waals surface area contributed by atoms with E-state index in [1.165, 1.54) is 31.0 Å². The lowest BCUT2D eigenvalue weighted by Gasteiger charge is -2.40. The maximum atomic E-state index is 12.2. The third kappa shape index (κ3) is 5.73. The summed E-state index contributed by atoms with van der Waals surface area (Å²) in [7, 11) is 0. The molecule has 2 amide bonds. The molecule has 9 heteroatoms. The molecule has 28 heavy (non-hydrogen) atoms. The van der Waals surface area contributed by atoms with Crippen LogP contribution in [0.4, 0.5) is 5.82 Å². The number of piperazine rings is 1. The van der Waals surface area contributed by atoms with Crippen LogP contribution in [0, 0.1) is 0 Å². The summed E-state index contributed by atoms with van der Waals surface area (Å²) in [5.74, 6) is 1.13. The van der Waals surface area contributed by atoms with Crippen molar-refractivity contribution in [3.63, 3.8) is 0 Å². The number of nitrogens with one attached hydrogen (secondary N) is 1. The van der Waals surface area contributed by atoms with Gasteiger partial charge in [0.15, 0.2) is 5.16 Å². The lowest BCUT2D eigenvalue weighted by atomic mass is 9.95. The van der Waals surface area contributed by atoms with Crippen LogP contribution in [0.1, 0.15) is 46.0 Å². The van der Waals surface area contributed by atoms with Crippen LogP contribution in [0.15, 0.2) is 11.2 Å². The van der Waals surface area contributed by atoms with Gasteiger partial charge in [-0.2, -0.15) is 0 Å². The second-order valence-corrected chi connectivity index (χ2v) is 8.86. The number of carbonyl (C=O) groups excluding carboxylic acids is 2. The van der Waals surface area contributed by atoms with E-state index in [9.17, 15) is 9.59 Å². The first kappa shape index (κ1) is 21.2. The van der Waals surface area contributed by atoms with E-state index in [2.05, 4.69) is 20.2 Å². The van der Waals surface area contributed by atoms with Gasteiger partial charge in [-0.25, -0.2) is 9.97 Å². The summed E-state index contributed by atoms with van der Waals surface area (Å²) < 4.78 is 0. The third-order valence-corrected chi connectivity index (χ3v) is 6.36. The highest BCUT2D eigenvalue weighted by Crippen LogP contribution is 2.24. The Morgan fingerprint density at radius 1 is 1.25 bits per heavy atom. The fourth-order valence-electron chi connectivity index (χ4n) is 3.89. The fraction of sp³-hybridized carbons (Fsp3) is 0.684. The first-order chi connectivity index (χ1) is 13.4. The minimum atomic E-state index is 0.0192. The number of hydrogen-bond donors (Lipinski definition) is 1. The Kier molecular flexibility index (Phi) is 7.40. The summed E-state index contributed by atoms with van der Waals surface area (Å²) in [4.78, 5) is 36.7. The van der Waals surface area contributed by atoms with Gasteiger partial charge in [-0.3, -0.25) is 9.59 Å². The topological polar surface area (TPSA) is 78.4 Å². The maximum absolute atomic E-state index is 12.2. The molecule has 1 saturated carbocycles. The molecular weight excluding hydrogens is 398 g/mol. The van der Waals surface area contributed by atoms with Crippen LogP contribution in [-0.2, 0) is 9.59 Å². The Morgan fingerprint density at radius 3 is 2.68 bits per heavy atom. The zero-order chi connectivity index (χ0) is 20.1. The number of halogens is 1. The first-order valence-corrected chi connectivity index (χ1v) is 11.3. The zero-order valence-corrected chi connectivity index (χ0v) is 18.1. The molecule has 1 aromatic rings. The lowest BCUT2D eigenvalue weighted by Crippen LogP contribution is -2.53. The smallest absolute Gasteiger partial charge is 0.230 e. The van der Waals surface area contributed by atoms with Crippen molar-refractivity contribution in [2.75, 3.05) is 30.3 Å². The van der Waals surface area contributed by atoms with Crippen LogP contribution < -0.4 is 10.2 Å².